The van der Waals surface area contributed by atoms with Gasteiger partial charge in [-0.2, -0.15) is 0 Å². The number of rotatable bonds is 3. The van der Waals surface area contributed by atoms with E-state index in [0.717, 1.165) is 38.8 Å². The van der Waals surface area contributed by atoms with E-state index >= 15 is 0 Å². The molecule has 0 radical (unpaired) electrons. The van der Waals surface area contributed by atoms with Gasteiger partial charge in [-0.1, -0.05) is 115 Å². The first-order chi connectivity index (χ1) is 24.3. The highest BCUT2D eigenvalue weighted by molar-refractivity contribution is 6.29. The zero-order valence-corrected chi connectivity index (χ0v) is 26.5. The van der Waals surface area contributed by atoms with Gasteiger partial charge in [-0.05, 0) is 70.9 Å². The lowest BCUT2D eigenvalue weighted by molar-refractivity contribution is 0.670. The molecule has 8 aromatic carbocycles. The highest BCUT2D eigenvalue weighted by Crippen LogP contribution is 2.43. The second-order valence-corrected chi connectivity index (χ2v) is 12.9. The van der Waals surface area contributed by atoms with Crippen LogP contribution in [-0.4, -0.2) is 9.13 Å². The fourth-order valence-corrected chi connectivity index (χ4v) is 8.15. The summed E-state index contributed by atoms with van der Waals surface area (Å²) in [4.78, 5) is 0. The number of furan rings is 1. The summed E-state index contributed by atoms with van der Waals surface area (Å²) in [5.41, 5.74) is 11.2. The number of para-hydroxylation sites is 4. The maximum atomic E-state index is 6.38. The van der Waals surface area contributed by atoms with E-state index in [-0.39, 0.29) is 0 Å². The van der Waals surface area contributed by atoms with Crippen LogP contribution in [0.4, 0.5) is 0 Å². The highest BCUT2D eigenvalue weighted by Gasteiger charge is 2.21. The minimum absolute atomic E-state index is 0.917. The molecule has 49 heavy (non-hydrogen) atoms. The molecule has 0 bridgehead atoms. The largest absolute Gasteiger partial charge is 0.455 e. The minimum atomic E-state index is 0.917. The maximum Gasteiger partial charge on any atom is 0.143 e. The number of nitrogens with zero attached hydrogens (tertiary/aromatic N) is 2. The molecule has 0 saturated heterocycles. The molecule has 3 heteroatoms. The van der Waals surface area contributed by atoms with Crippen molar-refractivity contribution in [1.82, 2.24) is 9.13 Å². The van der Waals surface area contributed by atoms with Gasteiger partial charge in [0, 0.05) is 49.3 Å². The molecule has 0 aliphatic carbocycles. The van der Waals surface area contributed by atoms with Gasteiger partial charge in [0.2, 0.25) is 0 Å². The monoisotopic (exact) mass is 624 g/mol. The molecule has 3 heterocycles. The summed E-state index contributed by atoms with van der Waals surface area (Å²) in [6, 6.07) is 61.2. The van der Waals surface area contributed by atoms with Crippen molar-refractivity contribution in [3.8, 4) is 22.5 Å². The predicted molar refractivity (Wildman–Crippen MR) is 205 cm³/mol. The van der Waals surface area contributed by atoms with Gasteiger partial charge in [0.05, 0.1) is 22.1 Å². The fraction of sp³-hybridized carbons (Fsp3) is 0. The van der Waals surface area contributed by atoms with Crippen LogP contribution < -0.4 is 0 Å². The Kier molecular flexibility index (Phi) is 5.38. The van der Waals surface area contributed by atoms with E-state index in [0.29, 0.717) is 0 Å². The zero-order valence-electron chi connectivity index (χ0n) is 26.5. The molecule has 228 valence electrons. The van der Waals surface area contributed by atoms with E-state index in [1.54, 1.807) is 0 Å². The Morgan fingerprint density at radius 1 is 0.367 bits per heavy atom. The van der Waals surface area contributed by atoms with Crippen molar-refractivity contribution in [3.63, 3.8) is 0 Å². The molecule has 0 N–H and O–H groups in total. The van der Waals surface area contributed by atoms with Crippen LogP contribution in [-0.2, 0) is 0 Å². The molecule has 0 amide bonds. The lowest BCUT2D eigenvalue weighted by Gasteiger charge is -2.11. The quantitative estimate of drug-likeness (QED) is 0.192. The van der Waals surface area contributed by atoms with Gasteiger partial charge >= 0.3 is 0 Å². The molecule has 0 saturated carbocycles. The molecule has 0 aliphatic rings. The summed E-state index contributed by atoms with van der Waals surface area (Å²) in [5.74, 6) is 0. The van der Waals surface area contributed by atoms with Gasteiger partial charge in [-0.3, -0.25) is 0 Å². The molecular formula is C46H28N2O. The Labute approximate surface area is 281 Å². The normalized spacial score (nSPS) is 12.1. The van der Waals surface area contributed by atoms with Crippen LogP contribution >= 0.6 is 0 Å². The SMILES string of the molecule is c1ccc2cc(-n3c4ccccc4c4c5c6ccccc6n(-c6ccc(-c7cccc8c7oc7ccccc78)cc6)c5ccc43)ccc2c1. The predicted octanol–water partition coefficient (Wildman–Crippen LogP) is 12.6. The van der Waals surface area contributed by atoms with Crippen LogP contribution in [0.5, 0.6) is 0 Å². The van der Waals surface area contributed by atoms with E-state index in [1.807, 2.05) is 12.1 Å². The number of aromatic nitrogens is 2. The standard InChI is InChI=1S/C46H28N2O/c1-2-11-31-28-33(25-20-29(31)10-1)48-40-18-7-4-14-38(40)45-42(48)27-26-41-44(45)37-13-3-6-17-39(37)47(41)32-23-21-30(22-24-32)34-15-9-16-36-35-12-5-8-19-43(35)49-46(34)36/h1-28H. The number of fused-ring (bicyclic) bond motifs is 11. The van der Waals surface area contributed by atoms with Crippen LogP contribution in [0.3, 0.4) is 0 Å². The first-order valence-corrected chi connectivity index (χ1v) is 16.8. The van der Waals surface area contributed by atoms with E-state index < -0.39 is 0 Å². The Morgan fingerprint density at radius 3 is 1.67 bits per heavy atom. The summed E-state index contributed by atoms with van der Waals surface area (Å²) in [7, 11) is 0. The summed E-state index contributed by atoms with van der Waals surface area (Å²) in [6.45, 7) is 0. The van der Waals surface area contributed by atoms with E-state index in [4.69, 9.17) is 4.42 Å². The summed E-state index contributed by atoms with van der Waals surface area (Å²) < 4.78 is 11.2. The van der Waals surface area contributed by atoms with Crippen molar-refractivity contribution in [2.45, 2.75) is 0 Å². The first kappa shape index (κ1) is 26.5. The molecule has 3 aromatic heterocycles. The second kappa shape index (κ2) is 9.96. The van der Waals surface area contributed by atoms with Gasteiger partial charge in [0.1, 0.15) is 11.2 Å². The van der Waals surface area contributed by atoms with Crippen molar-refractivity contribution >= 4 is 76.3 Å². The van der Waals surface area contributed by atoms with Crippen LogP contribution in [0.15, 0.2) is 174 Å². The van der Waals surface area contributed by atoms with Crippen molar-refractivity contribution in [1.29, 1.82) is 0 Å². The van der Waals surface area contributed by atoms with Crippen LogP contribution in [0.25, 0.3) is 98.8 Å². The molecular weight excluding hydrogens is 597 g/mol. The third-order valence-electron chi connectivity index (χ3n) is 10.3. The molecule has 11 rings (SSSR count). The molecule has 0 aliphatic heterocycles. The average Bonchev–Trinajstić information content (AvgIpc) is 3.82. The number of hydrogen-bond donors (Lipinski definition) is 0. The Morgan fingerprint density at radius 2 is 0.939 bits per heavy atom. The Bertz CT molecular complexity index is 3100. The smallest absolute Gasteiger partial charge is 0.143 e. The van der Waals surface area contributed by atoms with Crippen LogP contribution in [0.2, 0.25) is 0 Å². The topological polar surface area (TPSA) is 23.0 Å². The lowest BCUT2D eigenvalue weighted by Crippen LogP contribution is -1.95. The lowest BCUT2D eigenvalue weighted by atomic mass is 10.0. The Balaban J connectivity index is 1.14. The number of benzene rings is 8. The average molecular weight is 625 g/mol. The molecule has 0 spiro atoms. The van der Waals surface area contributed by atoms with E-state index in [9.17, 15) is 0 Å². The second-order valence-electron chi connectivity index (χ2n) is 12.9. The summed E-state index contributed by atoms with van der Waals surface area (Å²) in [5, 5.41) is 9.85. The van der Waals surface area contributed by atoms with E-state index in [1.165, 1.54) is 60.1 Å². The fourth-order valence-electron chi connectivity index (χ4n) is 8.15. The molecule has 3 nitrogen and oxygen atoms in total. The third kappa shape index (κ3) is 3.73. The minimum Gasteiger partial charge on any atom is -0.455 e. The van der Waals surface area contributed by atoms with Gasteiger partial charge < -0.3 is 13.6 Å². The van der Waals surface area contributed by atoms with Gasteiger partial charge in [0.25, 0.3) is 0 Å². The van der Waals surface area contributed by atoms with Gasteiger partial charge in [-0.25, -0.2) is 0 Å². The molecule has 0 atom stereocenters. The molecule has 11 aromatic rings. The Hall–Kier alpha value is -6.58. The zero-order chi connectivity index (χ0) is 32.1. The maximum absolute atomic E-state index is 6.38. The third-order valence-corrected chi connectivity index (χ3v) is 10.3. The highest BCUT2D eigenvalue weighted by atomic mass is 16.3. The van der Waals surface area contributed by atoms with Crippen molar-refractivity contribution in [2.24, 2.45) is 0 Å². The van der Waals surface area contributed by atoms with Crippen molar-refractivity contribution in [2.75, 3.05) is 0 Å². The first-order valence-electron chi connectivity index (χ1n) is 16.8. The van der Waals surface area contributed by atoms with Crippen molar-refractivity contribution < 1.29 is 4.42 Å². The van der Waals surface area contributed by atoms with Gasteiger partial charge in [0.15, 0.2) is 0 Å². The number of hydrogen-bond acceptors (Lipinski definition) is 1. The van der Waals surface area contributed by atoms with Gasteiger partial charge in [-0.15, -0.1) is 0 Å². The van der Waals surface area contributed by atoms with Crippen LogP contribution in [0, 0.1) is 0 Å². The molecule has 0 unspecified atom stereocenters. The summed E-state index contributed by atoms with van der Waals surface area (Å²) >= 11 is 0. The van der Waals surface area contributed by atoms with E-state index in [2.05, 4.69) is 167 Å². The van der Waals surface area contributed by atoms with Crippen molar-refractivity contribution in [3.05, 3.63) is 170 Å². The molecule has 0 fully saturated rings. The van der Waals surface area contributed by atoms with Crippen LogP contribution in [0.1, 0.15) is 0 Å². The summed E-state index contributed by atoms with van der Waals surface area (Å²) in [6.07, 6.45) is 0.